The Kier molecular flexibility index (Phi) is 6.51. The lowest BCUT2D eigenvalue weighted by molar-refractivity contribution is -0.116. The first kappa shape index (κ1) is 20.8. The number of carbonyl (C=O) groups excluding carboxylic acids is 2. The Labute approximate surface area is 160 Å². The molecule has 144 valence electrons. The monoisotopic (exact) mass is 388 g/mol. The van der Waals surface area contributed by atoms with Gasteiger partial charge in [0.25, 0.3) is 0 Å². The lowest BCUT2D eigenvalue weighted by atomic mass is 9.99. The summed E-state index contributed by atoms with van der Waals surface area (Å²) in [5, 5.41) is 2.65. The maximum absolute atomic E-state index is 12.4. The summed E-state index contributed by atoms with van der Waals surface area (Å²) in [6.07, 6.45) is 0.114. The van der Waals surface area contributed by atoms with Crippen LogP contribution in [-0.4, -0.2) is 38.5 Å². The van der Waals surface area contributed by atoms with Gasteiger partial charge >= 0.3 is 0 Å². The molecule has 0 radical (unpaired) electrons. The van der Waals surface area contributed by atoms with Crippen LogP contribution in [0.3, 0.4) is 0 Å². The largest absolute Gasteiger partial charge is 0.326 e. The third-order valence-corrected chi connectivity index (χ3v) is 5.98. The number of hydrogen-bond acceptors (Lipinski definition) is 4. The van der Waals surface area contributed by atoms with Crippen molar-refractivity contribution in [2.75, 3.05) is 19.4 Å². The average Bonchev–Trinajstić information content (AvgIpc) is 2.61. The third kappa shape index (κ3) is 5.24. The number of nitrogens with zero attached hydrogens (tertiary/aromatic N) is 1. The van der Waals surface area contributed by atoms with Gasteiger partial charge in [0.05, 0.1) is 4.90 Å². The van der Waals surface area contributed by atoms with E-state index in [1.807, 2.05) is 32.0 Å². The number of Topliss-reactive ketones (excluding diaryl/α,β-unsaturated/α-hetero) is 1. The van der Waals surface area contributed by atoms with E-state index in [2.05, 4.69) is 5.32 Å². The van der Waals surface area contributed by atoms with Crippen LogP contribution in [0.1, 0.15) is 34.3 Å². The van der Waals surface area contributed by atoms with E-state index < -0.39 is 10.0 Å². The number of benzene rings is 2. The smallest absolute Gasteiger partial charge is 0.242 e. The minimum atomic E-state index is -3.58. The van der Waals surface area contributed by atoms with E-state index in [-0.39, 0.29) is 29.4 Å². The van der Waals surface area contributed by atoms with Crippen LogP contribution in [0.15, 0.2) is 47.4 Å². The highest BCUT2D eigenvalue weighted by Crippen LogP contribution is 2.19. The first-order chi connectivity index (χ1) is 12.6. The lowest BCUT2D eigenvalue weighted by Gasteiger charge is -2.12. The first-order valence-corrected chi connectivity index (χ1v) is 9.98. The molecule has 27 heavy (non-hydrogen) atoms. The van der Waals surface area contributed by atoms with E-state index in [1.54, 1.807) is 12.1 Å². The van der Waals surface area contributed by atoms with Gasteiger partial charge in [0.2, 0.25) is 15.9 Å². The average molecular weight is 388 g/mol. The Balaban J connectivity index is 2.02. The fourth-order valence-corrected chi connectivity index (χ4v) is 3.51. The van der Waals surface area contributed by atoms with Gasteiger partial charge in [-0.15, -0.1) is 0 Å². The van der Waals surface area contributed by atoms with Crippen molar-refractivity contribution in [1.82, 2.24) is 4.31 Å². The lowest BCUT2D eigenvalue weighted by Crippen LogP contribution is -2.22. The highest BCUT2D eigenvalue weighted by molar-refractivity contribution is 7.89. The molecule has 0 aliphatic carbocycles. The quantitative estimate of drug-likeness (QED) is 0.739. The number of ketones is 1. The van der Waals surface area contributed by atoms with Crippen LogP contribution >= 0.6 is 0 Å². The fraction of sp³-hybridized carbons (Fsp3) is 0.300. The zero-order valence-corrected chi connectivity index (χ0v) is 16.8. The topological polar surface area (TPSA) is 83.5 Å². The van der Waals surface area contributed by atoms with Crippen molar-refractivity contribution in [1.29, 1.82) is 0 Å². The van der Waals surface area contributed by atoms with Gasteiger partial charge in [-0.05, 0) is 43.7 Å². The Morgan fingerprint density at radius 2 is 1.70 bits per heavy atom. The summed E-state index contributed by atoms with van der Waals surface area (Å²) >= 11 is 0. The van der Waals surface area contributed by atoms with Gasteiger partial charge in [0.15, 0.2) is 5.78 Å². The normalized spacial score (nSPS) is 11.4. The molecule has 7 heteroatoms. The molecule has 0 heterocycles. The molecule has 6 nitrogen and oxygen atoms in total. The second-order valence-electron chi connectivity index (χ2n) is 6.60. The van der Waals surface area contributed by atoms with E-state index >= 15 is 0 Å². The predicted octanol–water partition coefficient (Wildman–Crippen LogP) is 3.16. The highest BCUT2D eigenvalue weighted by atomic mass is 32.2. The van der Waals surface area contributed by atoms with Crippen molar-refractivity contribution in [2.24, 2.45) is 0 Å². The number of amides is 1. The molecule has 1 amide bonds. The van der Waals surface area contributed by atoms with Crippen molar-refractivity contribution in [2.45, 2.75) is 31.6 Å². The molecule has 0 atom stereocenters. The summed E-state index contributed by atoms with van der Waals surface area (Å²) in [6.45, 7) is 3.78. The molecule has 0 fully saturated rings. The van der Waals surface area contributed by atoms with E-state index in [0.717, 1.165) is 15.4 Å². The molecule has 1 N–H and O–H groups in total. The second kappa shape index (κ2) is 8.45. The zero-order valence-electron chi connectivity index (χ0n) is 15.9. The van der Waals surface area contributed by atoms with Crippen molar-refractivity contribution in [3.8, 4) is 0 Å². The van der Waals surface area contributed by atoms with Crippen LogP contribution in [0.5, 0.6) is 0 Å². The Bertz CT molecular complexity index is 966. The third-order valence-electron chi connectivity index (χ3n) is 4.17. The number of aryl methyl sites for hydroxylation is 2. The molecule has 0 unspecified atom stereocenters. The molecule has 0 aliphatic heterocycles. The van der Waals surface area contributed by atoms with Gasteiger partial charge < -0.3 is 5.32 Å². The van der Waals surface area contributed by atoms with Gasteiger partial charge in [-0.25, -0.2) is 12.7 Å². The summed E-state index contributed by atoms with van der Waals surface area (Å²) in [5.41, 5.74) is 2.88. The number of anilines is 1. The van der Waals surface area contributed by atoms with Crippen LogP contribution in [-0.2, 0) is 14.8 Å². The molecule has 2 aromatic rings. The molecular weight excluding hydrogens is 364 g/mol. The standard InChI is InChI=1S/C20H24N2O4S/c1-14-8-9-15(2)18(12-14)19(23)10-11-20(24)21-16-6-5-7-17(13-16)27(25,26)22(3)4/h5-9,12-13H,10-11H2,1-4H3,(H,21,24). The van der Waals surface area contributed by atoms with Crippen LogP contribution in [0.25, 0.3) is 0 Å². The summed E-state index contributed by atoms with van der Waals surface area (Å²) < 4.78 is 25.4. The highest BCUT2D eigenvalue weighted by Gasteiger charge is 2.18. The van der Waals surface area contributed by atoms with Crippen LogP contribution in [0.4, 0.5) is 5.69 Å². The SMILES string of the molecule is Cc1ccc(C)c(C(=O)CCC(=O)Nc2cccc(S(=O)(=O)N(C)C)c2)c1. The van der Waals surface area contributed by atoms with Crippen LogP contribution in [0.2, 0.25) is 0 Å². The van der Waals surface area contributed by atoms with Crippen molar-refractivity contribution in [3.63, 3.8) is 0 Å². The van der Waals surface area contributed by atoms with Crippen LogP contribution in [0, 0.1) is 13.8 Å². The summed E-state index contributed by atoms with van der Waals surface area (Å²) in [4.78, 5) is 24.6. The second-order valence-corrected chi connectivity index (χ2v) is 8.76. The number of rotatable bonds is 7. The molecule has 2 rings (SSSR count). The number of carbonyl (C=O) groups is 2. The molecule has 0 aliphatic rings. The summed E-state index contributed by atoms with van der Waals surface area (Å²) in [6, 6.07) is 11.7. The molecule has 0 aromatic heterocycles. The molecule has 0 saturated heterocycles. The first-order valence-electron chi connectivity index (χ1n) is 8.54. The van der Waals surface area contributed by atoms with Crippen molar-refractivity contribution < 1.29 is 18.0 Å². The number of sulfonamides is 1. The molecule has 2 aromatic carbocycles. The van der Waals surface area contributed by atoms with Gasteiger partial charge in [0, 0.05) is 38.2 Å². The minimum absolute atomic E-state index is 0.0247. The van der Waals surface area contributed by atoms with Crippen molar-refractivity contribution in [3.05, 3.63) is 59.2 Å². The molecule has 0 bridgehead atoms. The summed E-state index contributed by atoms with van der Waals surface area (Å²) in [5.74, 6) is -0.427. The molecule has 0 spiro atoms. The number of hydrogen-bond donors (Lipinski definition) is 1. The Morgan fingerprint density at radius 1 is 1.00 bits per heavy atom. The fourth-order valence-electron chi connectivity index (χ4n) is 2.57. The van der Waals surface area contributed by atoms with E-state index in [4.69, 9.17) is 0 Å². The Hall–Kier alpha value is -2.51. The molecule has 0 saturated carbocycles. The summed E-state index contributed by atoms with van der Waals surface area (Å²) in [7, 11) is -0.690. The molecular formula is C20H24N2O4S. The Morgan fingerprint density at radius 3 is 2.37 bits per heavy atom. The van der Waals surface area contributed by atoms with E-state index in [0.29, 0.717) is 11.3 Å². The minimum Gasteiger partial charge on any atom is -0.326 e. The van der Waals surface area contributed by atoms with Gasteiger partial charge in [-0.1, -0.05) is 23.8 Å². The zero-order chi connectivity index (χ0) is 20.2. The predicted molar refractivity (Wildman–Crippen MR) is 105 cm³/mol. The van der Waals surface area contributed by atoms with Gasteiger partial charge in [0.1, 0.15) is 0 Å². The van der Waals surface area contributed by atoms with Crippen molar-refractivity contribution >= 4 is 27.4 Å². The van der Waals surface area contributed by atoms with Gasteiger partial charge in [-0.2, -0.15) is 0 Å². The van der Waals surface area contributed by atoms with E-state index in [9.17, 15) is 18.0 Å². The maximum atomic E-state index is 12.4. The van der Waals surface area contributed by atoms with E-state index in [1.165, 1.54) is 26.2 Å². The van der Waals surface area contributed by atoms with Gasteiger partial charge in [-0.3, -0.25) is 9.59 Å². The van der Waals surface area contributed by atoms with Crippen LogP contribution < -0.4 is 5.32 Å². The number of nitrogens with one attached hydrogen (secondary N) is 1. The maximum Gasteiger partial charge on any atom is 0.242 e.